The van der Waals surface area contributed by atoms with Gasteiger partial charge in [0.1, 0.15) is 5.75 Å². The molecule has 3 N–H and O–H groups in total. The lowest BCUT2D eigenvalue weighted by molar-refractivity contribution is 0.315. The van der Waals surface area contributed by atoms with E-state index in [0.29, 0.717) is 12.5 Å². The molecule has 0 aliphatic heterocycles. The fraction of sp³-hybridized carbons (Fsp3) is 0.583. The topological polar surface area (TPSA) is 60.2 Å². The summed E-state index contributed by atoms with van der Waals surface area (Å²) in [5.41, 5.74) is 3.82. The minimum atomic E-state index is 0.0754. The maximum atomic E-state index is 5.68. The predicted molar refractivity (Wildman–Crippen MR) is 70.0 cm³/mol. The highest BCUT2D eigenvalue weighted by Crippen LogP contribution is 2.21. The molecule has 4 nitrogen and oxygen atoms in total. The van der Waals surface area contributed by atoms with Crippen LogP contribution in [0.2, 0.25) is 0 Å². The van der Waals surface area contributed by atoms with Crippen molar-refractivity contribution in [1.29, 1.82) is 0 Å². The minimum absolute atomic E-state index is 0.0754. The molecule has 0 spiro atoms. The summed E-state index contributed by atoms with van der Waals surface area (Å²) in [6.07, 6.45) is 6.30. The van der Waals surface area contributed by atoms with Crippen LogP contribution in [0.5, 0.6) is 5.75 Å². The van der Waals surface area contributed by atoms with Gasteiger partial charge in [0.15, 0.2) is 0 Å². The van der Waals surface area contributed by atoms with E-state index in [2.05, 4.69) is 17.3 Å². The third kappa shape index (κ3) is 4.89. The van der Waals surface area contributed by atoms with Gasteiger partial charge in [-0.3, -0.25) is 16.3 Å². The van der Waals surface area contributed by atoms with E-state index in [0.717, 1.165) is 30.6 Å². The van der Waals surface area contributed by atoms with E-state index in [9.17, 15) is 0 Å². The average molecular weight is 258 g/mol. The van der Waals surface area contributed by atoms with Crippen LogP contribution in [-0.4, -0.2) is 17.5 Å². The molecule has 0 saturated heterocycles. The van der Waals surface area contributed by atoms with E-state index in [4.69, 9.17) is 22.2 Å². The number of pyridine rings is 1. The fourth-order valence-corrected chi connectivity index (χ4v) is 1.71. The smallest absolute Gasteiger partial charge is 0.137 e. The lowest BCUT2D eigenvalue weighted by Gasteiger charge is -2.16. The van der Waals surface area contributed by atoms with Crippen molar-refractivity contribution in [2.75, 3.05) is 12.5 Å². The number of hydrazine groups is 1. The zero-order valence-corrected chi connectivity index (χ0v) is 10.9. The molecule has 0 aromatic carbocycles. The summed E-state index contributed by atoms with van der Waals surface area (Å²) < 4.78 is 5.54. The van der Waals surface area contributed by atoms with Crippen molar-refractivity contribution < 1.29 is 4.74 Å². The second-order valence-corrected chi connectivity index (χ2v) is 4.23. The molecule has 1 aromatic rings. The number of aromatic nitrogens is 1. The molecular formula is C12H20ClN3O. The Balaban J connectivity index is 2.66. The van der Waals surface area contributed by atoms with Crippen LogP contribution in [0, 0.1) is 0 Å². The van der Waals surface area contributed by atoms with Crippen LogP contribution in [0.1, 0.15) is 37.8 Å². The summed E-state index contributed by atoms with van der Waals surface area (Å²) in [5, 5.41) is 0. The Morgan fingerprint density at radius 2 is 2.35 bits per heavy atom. The number of nitrogens with two attached hydrogens (primary N) is 1. The molecule has 1 atom stereocenters. The van der Waals surface area contributed by atoms with Gasteiger partial charge in [0, 0.05) is 18.1 Å². The molecule has 96 valence electrons. The van der Waals surface area contributed by atoms with E-state index in [1.807, 2.05) is 6.07 Å². The first-order chi connectivity index (χ1) is 8.31. The highest BCUT2D eigenvalue weighted by atomic mass is 35.5. The molecule has 5 heteroatoms. The second-order valence-electron chi connectivity index (χ2n) is 3.85. The van der Waals surface area contributed by atoms with Crippen LogP contribution in [0.15, 0.2) is 18.5 Å². The van der Waals surface area contributed by atoms with Crippen LogP contribution in [0.3, 0.4) is 0 Å². The number of nitrogens with one attached hydrogen (secondary N) is 1. The zero-order valence-electron chi connectivity index (χ0n) is 10.2. The zero-order chi connectivity index (χ0) is 12.5. The molecule has 0 fully saturated rings. The number of halogens is 1. The van der Waals surface area contributed by atoms with Gasteiger partial charge in [0.2, 0.25) is 0 Å². The van der Waals surface area contributed by atoms with Gasteiger partial charge in [-0.1, -0.05) is 6.92 Å². The number of rotatable bonds is 8. The van der Waals surface area contributed by atoms with E-state index < -0.39 is 0 Å². The monoisotopic (exact) mass is 257 g/mol. The van der Waals surface area contributed by atoms with Gasteiger partial charge in [-0.25, -0.2) is 0 Å². The maximum absolute atomic E-state index is 5.68. The van der Waals surface area contributed by atoms with Gasteiger partial charge in [0.05, 0.1) is 12.8 Å². The molecule has 1 unspecified atom stereocenters. The van der Waals surface area contributed by atoms with Crippen molar-refractivity contribution >= 4 is 11.6 Å². The second kappa shape index (κ2) is 8.28. The molecule has 1 heterocycles. The Kier molecular flexibility index (Phi) is 6.93. The maximum Gasteiger partial charge on any atom is 0.137 e. The largest absolute Gasteiger partial charge is 0.492 e. The number of alkyl halides is 1. The number of nitrogens with zero attached hydrogens (tertiary/aromatic N) is 1. The van der Waals surface area contributed by atoms with Crippen molar-refractivity contribution in [1.82, 2.24) is 10.4 Å². The predicted octanol–water partition coefficient (Wildman–Crippen LogP) is 2.39. The minimum Gasteiger partial charge on any atom is -0.492 e. The Labute approximate surface area is 107 Å². The number of hydrogen-bond donors (Lipinski definition) is 2. The quantitative estimate of drug-likeness (QED) is 0.427. The van der Waals surface area contributed by atoms with Gasteiger partial charge in [-0.15, -0.1) is 11.6 Å². The van der Waals surface area contributed by atoms with Crippen molar-refractivity contribution in [3.8, 4) is 5.75 Å². The Hall–Kier alpha value is -0.840. The molecule has 1 rings (SSSR count). The van der Waals surface area contributed by atoms with E-state index >= 15 is 0 Å². The molecule has 0 saturated carbocycles. The highest BCUT2D eigenvalue weighted by molar-refractivity contribution is 6.17. The van der Waals surface area contributed by atoms with Crippen LogP contribution >= 0.6 is 11.6 Å². The third-order valence-electron chi connectivity index (χ3n) is 2.44. The SMILES string of the molecule is CCCOc1cncc(C(CCCCl)NN)c1. The Morgan fingerprint density at radius 3 is 3.00 bits per heavy atom. The highest BCUT2D eigenvalue weighted by Gasteiger charge is 2.10. The Morgan fingerprint density at radius 1 is 1.53 bits per heavy atom. The number of ether oxygens (including phenoxy) is 1. The van der Waals surface area contributed by atoms with Gasteiger partial charge >= 0.3 is 0 Å². The molecule has 0 aliphatic rings. The lowest BCUT2D eigenvalue weighted by atomic mass is 10.1. The molecule has 1 aromatic heterocycles. The van der Waals surface area contributed by atoms with Crippen molar-refractivity contribution in [3.05, 3.63) is 24.0 Å². The van der Waals surface area contributed by atoms with Crippen LogP contribution in [0.4, 0.5) is 0 Å². The van der Waals surface area contributed by atoms with E-state index in [-0.39, 0.29) is 6.04 Å². The van der Waals surface area contributed by atoms with E-state index in [1.165, 1.54) is 0 Å². The summed E-state index contributed by atoms with van der Waals surface area (Å²) in [7, 11) is 0. The van der Waals surface area contributed by atoms with E-state index in [1.54, 1.807) is 12.4 Å². The standard InChI is InChI=1S/C12H20ClN3O/c1-2-6-17-11-7-10(8-15-9-11)12(16-14)4-3-5-13/h7-9,12,16H,2-6,14H2,1H3. The first kappa shape index (κ1) is 14.2. The summed E-state index contributed by atoms with van der Waals surface area (Å²) in [4.78, 5) is 4.16. The van der Waals surface area contributed by atoms with Crippen molar-refractivity contribution in [2.24, 2.45) is 5.84 Å². The van der Waals surface area contributed by atoms with Gasteiger partial charge in [-0.05, 0) is 30.9 Å². The summed E-state index contributed by atoms with van der Waals surface area (Å²) in [6.45, 7) is 2.77. The molecular weight excluding hydrogens is 238 g/mol. The van der Waals surface area contributed by atoms with Crippen LogP contribution in [-0.2, 0) is 0 Å². The lowest BCUT2D eigenvalue weighted by Crippen LogP contribution is -2.28. The molecule has 0 bridgehead atoms. The average Bonchev–Trinajstić information content (AvgIpc) is 2.38. The van der Waals surface area contributed by atoms with Gasteiger partial charge in [0.25, 0.3) is 0 Å². The van der Waals surface area contributed by atoms with Crippen LogP contribution in [0.25, 0.3) is 0 Å². The van der Waals surface area contributed by atoms with Gasteiger partial charge < -0.3 is 4.74 Å². The fourth-order valence-electron chi connectivity index (χ4n) is 1.55. The summed E-state index contributed by atoms with van der Waals surface area (Å²) in [5.74, 6) is 6.96. The van der Waals surface area contributed by atoms with Crippen molar-refractivity contribution in [2.45, 2.75) is 32.2 Å². The first-order valence-corrected chi connectivity index (χ1v) is 6.45. The van der Waals surface area contributed by atoms with Crippen molar-refractivity contribution in [3.63, 3.8) is 0 Å². The molecule has 0 radical (unpaired) electrons. The van der Waals surface area contributed by atoms with Gasteiger partial charge in [-0.2, -0.15) is 0 Å². The third-order valence-corrected chi connectivity index (χ3v) is 2.70. The number of hydrogen-bond acceptors (Lipinski definition) is 4. The van der Waals surface area contributed by atoms with Crippen LogP contribution < -0.4 is 16.0 Å². The molecule has 17 heavy (non-hydrogen) atoms. The first-order valence-electron chi connectivity index (χ1n) is 5.91. The summed E-state index contributed by atoms with van der Waals surface area (Å²) in [6, 6.07) is 2.05. The molecule has 0 aliphatic carbocycles. The Bertz CT molecular complexity index is 322. The molecule has 0 amide bonds. The summed E-state index contributed by atoms with van der Waals surface area (Å²) >= 11 is 5.68. The normalized spacial score (nSPS) is 12.4.